The molecule has 2 N–H and O–H groups in total. The minimum Gasteiger partial charge on any atom is -0.378 e. The molecular formula is C13H13F2N3O. The molecular weight excluding hydrogens is 252 g/mol. The number of benzene rings is 1. The minimum absolute atomic E-state index is 0.0425. The van der Waals surface area contributed by atoms with Crippen LogP contribution in [0.4, 0.5) is 8.78 Å². The molecule has 1 fully saturated rings. The third-order valence-corrected chi connectivity index (χ3v) is 3.07. The van der Waals surface area contributed by atoms with E-state index in [9.17, 15) is 8.78 Å². The topological polar surface area (TPSA) is 49.9 Å². The lowest BCUT2D eigenvalue weighted by atomic mass is 10.1. The number of hydrogen-bond acceptors (Lipinski definition) is 3. The fourth-order valence-corrected chi connectivity index (χ4v) is 2.10. The molecule has 1 saturated heterocycles. The minimum atomic E-state index is -0.482. The van der Waals surface area contributed by atoms with Crippen LogP contribution in [0, 0.1) is 11.6 Å². The Morgan fingerprint density at radius 3 is 3.00 bits per heavy atom. The summed E-state index contributed by atoms with van der Waals surface area (Å²) < 4.78 is 32.2. The number of ether oxygens (including phenoxy) is 1. The van der Waals surface area contributed by atoms with Gasteiger partial charge in [-0.05, 0) is 18.2 Å². The number of H-pyrrole nitrogens is 1. The quantitative estimate of drug-likeness (QED) is 0.873. The van der Waals surface area contributed by atoms with Crippen molar-refractivity contribution < 1.29 is 13.5 Å². The van der Waals surface area contributed by atoms with Crippen LogP contribution in [0.2, 0.25) is 0 Å². The summed E-state index contributed by atoms with van der Waals surface area (Å²) in [6.45, 7) is 1.93. The van der Waals surface area contributed by atoms with Crippen molar-refractivity contribution in [3.05, 3.63) is 41.9 Å². The molecule has 2 heterocycles. The maximum Gasteiger partial charge on any atom is 0.132 e. The Bertz CT molecular complexity index is 579. The Morgan fingerprint density at radius 1 is 1.32 bits per heavy atom. The van der Waals surface area contributed by atoms with Crippen LogP contribution >= 0.6 is 0 Å². The molecule has 19 heavy (non-hydrogen) atoms. The van der Waals surface area contributed by atoms with Gasteiger partial charge in [0.15, 0.2) is 0 Å². The first-order valence-electron chi connectivity index (χ1n) is 6.05. The smallest absolute Gasteiger partial charge is 0.132 e. The SMILES string of the molecule is Fc1ccc(F)c(-c2cnc(C3COCCN3)[nH]2)c1. The Kier molecular flexibility index (Phi) is 3.27. The second-order valence-corrected chi connectivity index (χ2v) is 4.39. The van der Waals surface area contributed by atoms with Gasteiger partial charge in [0.1, 0.15) is 17.5 Å². The largest absolute Gasteiger partial charge is 0.378 e. The number of aromatic nitrogens is 2. The highest BCUT2D eigenvalue weighted by Gasteiger charge is 2.19. The molecule has 0 radical (unpaired) electrons. The third kappa shape index (κ3) is 2.50. The lowest BCUT2D eigenvalue weighted by Crippen LogP contribution is -2.35. The average Bonchev–Trinajstić information content (AvgIpc) is 2.92. The molecule has 1 unspecified atom stereocenters. The Morgan fingerprint density at radius 2 is 2.21 bits per heavy atom. The summed E-state index contributed by atoms with van der Waals surface area (Å²) in [5.74, 6) is -0.297. The van der Waals surface area contributed by atoms with E-state index in [1.54, 1.807) is 0 Å². The van der Waals surface area contributed by atoms with Crippen molar-refractivity contribution in [2.24, 2.45) is 0 Å². The fourth-order valence-electron chi connectivity index (χ4n) is 2.10. The average molecular weight is 265 g/mol. The highest BCUT2D eigenvalue weighted by Crippen LogP contribution is 2.23. The van der Waals surface area contributed by atoms with Crippen LogP contribution in [-0.2, 0) is 4.74 Å². The van der Waals surface area contributed by atoms with Crippen molar-refractivity contribution in [3.8, 4) is 11.3 Å². The first kappa shape index (κ1) is 12.3. The predicted molar refractivity (Wildman–Crippen MR) is 65.5 cm³/mol. The second kappa shape index (κ2) is 5.07. The molecule has 0 bridgehead atoms. The number of halogens is 2. The number of rotatable bonds is 2. The molecule has 0 amide bonds. The van der Waals surface area contributed by atoms with E-state index in [1.807, 2.05) is 0 Å². The van der Waals surface area contributed by atoms with Gasteiger partial charge >= 0.3 is 0 Å². The van der Waals surface area contributed by atoms with Gasteiger partial charge in [-0.1, -0.05) is 0 Å². The van der Waals surface area contributed by atoms with Crippen molar-refractivity contribution in [2.75, 3.05) is 19.8 Å². The molecule has 1 aromatic heterocycles. The van der Waals surface area contributed by atoms with E-state index in [1.165, 1.54) is 6.20 Å². The Balaban J connectivity index is 1.89. The molecule has 0 aliphatic carbocycles. The molecule has 4 nitrogen and oxygen atoms in total. The molecule has 1 aliphatic rings. The van der Waals surface area contributed by atoms with Crippen LogP contribution < -0.4 is 5.32 Å². The van der Waals surface area contributed by atoms with E-state index in [4.69, 9.17) is 4.74 Å². The van der Waals surface area contributed by atoms with Crippen molar-refractivity contribution in [1.82, 2.24) is 15.3 Å². The van der Waals surface area contributed by atoms with Crippen LogP contribution in [0.15, 0.2) is 24.4 Å². The number of nitrogens with zero attached hydrogens (tertiary/aromatic N) is 1. The predicted octanol–water partition coefficient (Wildman–Crippen LogP) is 2.02. The number of morpholine rings is 1. The van der Waals surface area contributed by atoms with E-state index in [-0.39, 0.29) is 11.6 Å². The van der Waals surface area contributed by atoms with E-state index in [2.05, 4.69) is 15.3 Å². The lowest BCUT2D eigenvalue weighted by molar-refractivity contribution is 0.0745. The summed E-state index contributed by atoms with van der Waals surface area (Å²) >= 11 is 0. The first-order valence-corrected chi connectivity index (χ1v) is 6.05. The molecule has 6 heteroatoms. The number of nitrogens with one attached hydrogen (secondary N) is 2. The van der Waals surface area contributed by atoms with Gasteiger partial charge in [-0.25, -0.2) is 13.8 Å². The first-order chi connectivity index (χ1) is 9.24. The Hall–Kier alpha value is -1.79. The zero-order chi connectivity index (χ0) is 13.2. The molecule has 100 valence electrons. The van der Waals surface area contributed by atoms with Crippen molar-refractivity contribution >= 4 is 0 Å². The van der Waals surface area contributed by atoms with Crippen molar-refractivity contribution in [1.29, 1.82) is 0 Å². The van der Waals surface area contributed by atoms with Gasteiger partial charge in [-0.15, -0.1) is 0 Å². The fraction of sp³-hybridized carbons (Fsp3) is 0.308. The van der Waals surface area contributed by atoms with Gasteiger partial charge in [0.05, 0.1) is 31.1 Å². The lowest BCUT2D eigenvalue weighted by Gasteiger charge is -2.21. The highest BCUT2D eigenvalue weighted by molar-refractivity contribution is 5.59. The van der Waals surface area contributed by atoms with Gasteiger partial charge < -0.3 is 15.0 Å². The molecule has 0 saturated carbocycles. The summed E-state index contributed by atoms with van der Waals surface area (Å²) in [5.41, 5.74) is 0.634. The summed E-state index contributed by atoms with van der Waals surface area (Å²) in [7, 11) is 0. The maximum absolute atomic E-state index is 13.7. The molecule has 1 atom stereocenters. The number of aromatic amines is 1. The van der Waals surface area contributed by atoms with Crippen molar-refractivity contribution in [3.63, 3.8) is 0 Å². The standard InChI is InChI=1S/C13H13F2N3O/c14-8-1-2-10(15)9(5-8)11-6-17-13(18-11)12-7-19-4-3-16-12/h1-2,5-6,12,16H,3-4,7H2,(H,17,18). The molecule has 0 spiro atoms. The molecule has 1 aliphatic heterocycles. The van der Waals surface area contributed by atoms with Gasteiger partial charge in [-0.3, -0.25) is 0 Å². The monoisotopic (exact) mass is 265 g/mol. The van der Waals surface area contributed by atoms with Gasteiger partial charge in [0.25, 0.3) is 0 Å². The maximum atomic E-state index is 13.7. The van der Waals surface area contributed by atoms with Crippen LogP contribution in [0.25, 0.3) is 11.3 Å². The van der Waals surface area contributed by atoms with E-state index < -0.39 is 11.6 Å². The second-order valence-electron chi connectivity index (χ2n) is 4.39. The summed E-state index contributed by atoms with van der Waals surface area (Å²) in [5, 5.41) is 3.24. The molecule has 1 aromatic carbocycles. The number of hydrogen-bond donors (Lipinski definition) is 2. The van der Waals surface area contributed by atoms with E-state index >= 15 is 0 Å². The zero-order valence-electron chi connectivity index (χ0n) is 10.1. The van der Waals surface area contributed by atoms with Gasteiger partial charge in [0, 0.05) is 12.1 Å². The van der Waals surface area contributed by atoms with Gasteiger partial charge in [0.2, 0.25) is 0 Å². The summed E-state index contributed by atoms with van der Waals surface area (Å²) in [4.78, 5) is 7.21. The third-order valence-electron chi connectivity index (χ3n) is 3.07. The summed E-state index contributed by atoms with van der Waals surface area (Å²) in [6.07, 6.45) is 1.50. The zero-order valence-corrected chi connectivity index (χ0v) is 10.1. The van der Waals surface area contributed by atoms with E-state index in [0.717, 1.165) is 24.7 Å². The van der Waals surface area contributed by atoms with Gasteiger partial charge in [-0.2, -0.15) is 0 Å². The normalized spacial score (nSPS) is 19.6. The highest BCUT2D eigenvalue weighted by atomic mass is 19.1. The summed E-state index contributed by atoms with van der Waals surface area (Å²) in [6, 6.07) is 3.30. The molecule has 3 rings (SSSR count). The van der Waals surface area contributed by atoms with Crippen LogP contribution in [0.5, 0.6) is 0 Å². The number of imidazole rings is 1. The van der Waals surface area contributed by atoms with Crippen LogP contribution in [0.3, 0.4) is 0 Å². The van der Waals surface area contributed by atoms with Crippen LogP contribution in [0.1, 0.15) is 11.9 Å². The van der Waals surface area contributed by atoms with E-state index in [0.29, 0.717) is 24.7 Å². The van der Waals surface area contributed by atoms with Crippen LogP contribution in [-0.4, -0.2) is 29.7 Å². The molecule has 2 aromatic rings. The van der Waals surface area contributed by atoms with Crippen molar-refractivity contribution in [2.45, 2.75) is 6.04 Å². The Labute approximate surface area is 108 Å².